The fraction of sp³-hybridized carbons (Fsp3) is 0.812. The molecule has 6 heteroatoms. The molecule has 126 valence electrons. The molecule has 0 unspecified atom stereocenters. The summed E-state index contributed by atoms with van der Waals surface area (Å²) in [5.74, 6) is -0.849. The fourth-order valence-electron chi connectivity index (χ4n) is 2.49. The number of amides is 1. The van der Waals surface area contributed by atoms with Crippen LogP contribution in [0.5, 0.6) is 0 Å². The molecule has 0 radical (unpaired) electrons. The van der Waals surface area contributed by atoms with Crippen molar-refractivity contribution in [2.45, 2.75) is 70.3 Å². The van der Waals surface area contributed by atoms with E-state index in [0.717, 1.165) is 32.2 Å². The van der Waals surface area contributed by atoms with Crippen molar-refractivity contribution < 1.29 is 19.1 Å². The van der Waals surface area contributed by atoms with E-state index < -0.39 is 12.0 Å². The van der Waals surface area contributed by atoms with Gasteiger partial charge in [0.25, 0.3) is 0 Å². The molecule has 1 saturated heterocycles. The van der Waals surface area contributed by atoms with Crippen molar-refractivity contribution in [3.63, 3.8) is 0 Å². The van der Waals surface area contributed by atoms with E-state index in [9.17, 15) is 14.4 Å². The topological polar surface area (TPSA) is 98.5 Å². The Morgan fingerprint density at radius 3 is 2.32 bits per heavy atom. The lowest BCUT2D eigenvalue weighted by Crippen LogP contribution is -2.38. The summed E-state index contributed by atoms with van der Waals surface area (Å²) in [5.41, 5.74) is 5.43. The van der Waals surface area contributed by atoms with Gasteiger partial charge in [0.15, 0.2) is 0 Å². The van der Waals surface area contributed by atoms with Crippen molar-refractivity contribution in [2.24, 2.45) is 5.73 Å². The predicted molar refractivity (Wildman–Crippen MR) is 83.1 cm³/mol. The summed E-state index contributed by atoms with van der Waals surface area (Å²) in [6.07, 6.45) is 8.40. The maximum Gasteiger partial charge on any atom is 0.328 e. The lowest BCUT2D eigenvalue weighted by molar-refractivity contribution is -0.142. The third-order valence-corrected chi connectivity index (χ3v) is 3.79. The minimum atomic E-state index is -0.575. The minimum absolute atomic E-state index is 0.0630. The number of carbonyl (C=O) groups excluding carboxylic acids is 3. The van der Waals surface area contributed by atoms with E-state index in [4.69, 9.17) is 10.5 Å². The molecule has 3 N–H and O–H groups in total. The number of ether oxygens (including phenoxy) is 1. The van der Waals surface area contributed by atoms with Gasteiger partial charge in [0, 0.05) is 12.8 Å². The van der Waals surface area contributed by atoms with Gasteiger partial charge in [0.2, 0.25) is 5.91 Å². The van der Waals surface area contributed by atoms with Gasteiger partial charge >= 0.3 is 5.97 Å². The molecular formula is C16H28N2O4. The molecule has 0 aliphatic carbocycles. The molecule has 0 bridgehead atoms. The van der Waals surface area contributed by atoms with Crippen molar-refractivity contribution in [2.75, 3.05) is 13.2 Å². The van der Waals surface area contributed by atoms with Crippen LogP contribution in [0.2, 0.25) is 0 Å². The molecule has 1 rings (SSSR count). The van der Waals surface area contributed by atoms with Crippen molar-refractivity contribution in [3.8, 4) is 0 Å². The molecule has 0 saturated carbocycles. The number of hydrogen-bond donors (Lipinski definition) is 2. The highest BCUT2D eigenvalue weighted by Gasteiger charge is 2.28. The number of rotatable bonds is 12. The zero-order valence-corrected chi connectivity index (χ0v) is 13.3. The number of hydrogen-bond acceptors (Lipinski definition) is 5. The van der Waals surface area contributed by atoms with Crippen LogP contribution in [0.15, 0.2) is 0 Å². The van der Waals surface area contributed by atoms with Crippen LogP contribution in [-0.2, 0) is 19.1 Å². The molecule has 0 aromatic rings. The Balaban J connectivity index is 1.98. The van der Waals surface area contributed by atoms with E-state index >= 15 is 0 Å². The highest BCUT2D eigenvalue weighted by atomic mass is 16.5. The van der Waals surface area contributed by atoms with E-state index in [1.54, 1.807) is 0 Å². The average molecular weight is 312 g/mol. The number of Topliss-reactive ketones (excluding diaryl/α,β-unsaturated/α-hetero) is 1. The first-order valence-corrected chi connectivity index (χ1v) is 8.31. The fourth-order valence-corrected chi connectivity index (χ4v) is 2.49. The normalized spacial score (nSPS) is 17.3. The zero-order chi connectivity index (χ0) is 16.2. The summed E-state index contributed by atoms with van der Waals surface area (Å²) in [6, 6.07) is -0.575. The second-order valence-corrected chi connectivity index (χ2v) is 5.81. The van der Waals surface area contributed by atoms with E-state index in [-0.39, 0.29) is 18.1 Å². The minimum Gasteiger partial charge on any atom is -0.464 e. The smallest absolute Gasteiger partial charge is 0.328 e. The van der Waals surface area contributed by atoms with Gasteiger partial charge in [-0.2, -0.15) is 0 Å². The van der Waals surface area contributed by atoms with Crippen LogP contribution >= 0.6 is 0 Å². The molecule has 22 heavy (non-hydrogen) atoms. The molecule has 1 amide bonds. The number of unbranched alkanes of at least 4 members (excludes halogenated alkanes) is 6. The van der Waals surface area contributed by atoms with Crippen LogP contribution in [0.25, 0.3) is 0 Å². The van der Waals surface area contributed by atoms with Crippen molar-refractivity contribution >= 4 is 17.7 Å². The Hall–Kier alpha value is -1.43. The van der Waals surface area contributed by atoms with E-state index in [0.29, 0.717) is 19.4 Å². The lowest BCUT2D eigenvalue weighted by atomic mass is 10.1. The van der Waals surface area contributed by atoms with Gasteiger partial charge in [-0.1, -0.05) is 32.1 Å². The van der Waals surface area contributed by atoms with E-state index in [2.05, 4.69) is 5.32 Å². The van der Waals surface area contributed by atoms with Gasteiger partial charge in [0.1, 0.15) is 11.8 Å². The molecule has 0 spiro atoms. The van der Waals surface area contributed by atoms with Gasteiger partial charge in [-0.15, -0.1) is 0 Å². The molecule has 0 aromatic carbocycles. The van der Waals surface area contributed by atoms with E-state index in [1.165, 1.54) is 19.3 Å². The Morgan fingerprint density at radius 2 is 1.73 bits per heavy atom. The molecule has 1 fully saturated rings. The molecular weight excluding hydrogens is 284 g/mol. The highest BCUT2D eigenvalue weighted by molar-refractivity contribution is 5.99. The summed E-state index contributed by atoms with van der Waals surface area (Å²) < 4.78 is 4.75. The largest absolute Gasteiger partial charge is 0.464 e. The number of nitrogens with two attached hydrogens (primary N) is 1. The second kappa shape index (κ2) is 11.2. The summed E-state index contributed by atoms with van der Waals surface area (Å²) in [6.45, 7) is 1.10. The van der Waals surface area contributed by atoms with Crippen LogP contribution in [0.3, 0.4) is 0 Å². The first-order chi connectivity index (χ1) is 10.6. The van der Waals surface area contributed by atoms with Crippen molar-refractivity contribution in [1.82, 2.24) is 5.32 Å². The first kappa shape index (κ1) is 18.6. The molecule has 1 heterocycles. The maximum absolute atomic E-state index is 11.7. The number of carbonyl (C=O) groups is 3. The third-order valence-electron chi connectivity index (χ3n) is 3.79. The van der Waals surface area contributed by atoms with E-state index in [1.807, 2.05) is 0 Å². The van der Waals surface area contributed by atoms with Gasteiger partial charge in [-0.25, -0.2) is 4.79 Å². The van der Waals surface area contributed by atoms with Crippen molar-refractivity contribution in [3.05, 3.63) is 0 Å². The number of nitrogens with one attached hydrogen (secondary N) is 1. The highest BCUT2D eigenvalue weighted by Crippen LogP contribution is 2.10. The van der Waals surface area contributed by atoms with Crippen LogP contribution in [0.1, 0.15) is 64.2 Å². The quantitative estimate of drug-likeness (QED) is 0.323. The second-order valence-electron chi connectivity index (χ2n) is 5.81. The molecule has 0 aromatic heterocycles. The zero-order valence-electron chi connectivity index (χ0n) is 13.3. The van der Waals surface area contributed by atoms with Gasteiger partial charge < -0.3 is 15.8 Å². The van der Waals surface area contributed by atoms with Gasteiger partial charge in [-0.3, -0.25) is 9.59 Å². The number of cyclic esters (lactones) is 1. The molecule has 1 atom stereocenters. The number of esters is 1. The predicted octanol–water partition coefficient (Wildman–Crippen LogP) is 1.46. The Morgan fingerprint density at radius 1 is 1.09 bits per heavy atom. The molecule has 1 aliphatic rings. The lowest BCUT2D eigenvalue weighted by Gasteiger charge is -2.08. The standard InChI is InChI=1S/C16H28N2O4/c17-10-7-5-3-1-2-4-6-8-13(19)12-15(20)18-14-9-11-22-16(14)21/h14H,1-12,17H2,(H,18,20)/t14-/m1/s1. The third kappa shape index (κ3) is 8.12. The average Bonchev–Trinajstić information content (AvgIpc) is 2.87. The summed E-state index contributed by atoms with van der Waals surface area (Å²) in [5, 5.41) is 2.55. The number of ketones is 1. The summed E-state index contributed by atoms with van der Waals surface area (Å²) >= 11 is 0. The monoisotopic (exact) mass is 312 g/mol. The van der Waals surface area contributed by atoms with Crippen LogP contribution in [0, 0.1) is 0 Å². The van der Waals surface area contributed by atoms with Crippen LogP contribution in [-0.4, -0.2) is 36.9 Å². The van der Waals surface area contributed by atoms with Gasteiger partial charge in [-0.05, 0) is 19.4 Å². The van der Waals surface area contributed by atoms with Crippen LogP contribution in [0.4, 0.5) is 0 Å². The Kier molecular flexibility index (Phi) is 9.46. The van der Waals surface area contributed by atoms with Crippen LogP contribution < -0.4 is 11.1 Å². The van der Waals surface area contributed by atoms with Gasteiger partial charge in [0.05, 0.1) is 13.0 Å². The maximum atomic E-state index is 11.7. The SMILES string of the molecule is NCCCCCCCCCC(=O)CC(=O)N[C@@H]1CCOC1=O. The Labute approximate surface area is 132 Å². The first-order valence-electron chi connectivity index (χ1n) is 8.31. The summed E-state index contributed by atoms with van der Waals surface area (Å²) in [4.78, 5) is 34.5. The van der Waals surface area contributed by atoms with Crippen molar-refractivity contribution in [1.29, 1.82) is 0 Å². The Bertz CT molecular complexity index is 371. The molecule has 1 aliphatic heterocycles. The summed E-state index contributed by atoms with van der Waals surface area (Å²) in [7, 11) is 0. The molecule has 6 nitrogen and oxygen atoms in total.